The minimum absolute atomic E-state index is 0.137. The number of nitrogens with zero attached hydrogens (tertiary/aromatic N) is 1. The Labute approximate surface area is 154 Å². The van der Waals surface area contributed by atoms with Gasteiger partial charge in [0.1, 0.15) is 6.61 Å². The van der Waals surface area contributed by atoms with Crippen molar-refractivity contribution >= 4 is 6.09 Å². The van der Waals surface area contributed by atoms with Crippen molar-refractivity contribution in [1.82, 2.24) is 10.2 Å². The van der Waals surface area contributed by atoms with Crippen LogP contribution >= 0.6 is 0 Å². The predicted molar refractivity (Wildman–Crippen MR) is 101 cm³/mol. The minimum Gasteiger partial charge on any atom is -0.448 e. The first-order chi connectivity index (χ1) is 12.8. The molecule has 26 heavy (non-hydrogen) atoms. The molecule has 2 heterocycles. The molecule has 2 saturated heterocycles. The molecule has 134 valence electrons. The maximum Gasteiger partial charge on any atom is 0.409 e. The van der Waals surface area contributed by atoms with Crippen molar-refractivity contribution in [2.45, 2.75) is 12.3 Å². The van der Waals surface area contributed by atoms with E-state index in [-0.39, 0.29) is 12.0 Å². The third kappa shape index (κ3) is 2.60. The maximum absolute atomic E-state index is 12.7. The molecule has 2 fully saturated rings. The van der Waals surface area contributed by atoms with E-state index in [9.17, 15) is 4.79 Å². The van der Waals surface area contributed by atoms with Crippen LogP contribution in [-0.2, 0) is 4.74 Å². The van der Waals surface area contributed by atoms with Crippen molar-refractivity contribution in [2.24, 2.45) is 11.8 Å². The van der Waals surface area contributed by atoms with Crippen LogP contribution in [0.15, 0.2) is 48.5 Å². The second kappa shape index (κ2) is 6.44. The van der Waals surface area contributed by atoms with Crippen LogP contribution in [0.25, 0.3) is 11.1 Å². The summed E-state index contributed by atoms with van der Waals surface area (Å²) in [6, 6.07) is 16.9. The monoisotopic (exact) mass is 348 g/mol. The van der Waals surface area contributed by atoms with Crippen LogP contribution in [0.3, 0.4) is 0 Å². The van der Waals surface area contributed by atoms with Gasteiger partial charge in [0.05, 0.1) is 0 Å². The summed E-state index contributed by atoms with van der Waals surface area (Å²) in [7, 11) is 0. The van der Waals surface area contributed by atoms with E-state index in [0.29, 0.717) is 18.4 Å². The molecule has 2 aromatic rings. The minimum atomic E-state index is -0.152. The summed E-state index contributed by atoms with van der Waals surface area (Å²) in [5, 5.41) is 3.44. The Morgan fingerprint density at radius 2 is 1.65 bits per heavy atom. The van der Waals surface area contributed by atoms with E-state index in [1.54, 1.807) is 0 Å². The highest BCUT2D eigenvalue weighted by molar-refractivity contribution is 5.79. The molecule has 1 amide bonds. The molecule has 5 rings (SSSR count). The number of fused-ring (bicyclic) bond motifs is 4. The van der Waals surface area contributed by atoms with Gasteiger partial charge in [0.2, 0.25) is 0 Å². The Morgan fingerprint density at radius 1 is 1.00 bits per heavy atom. The van der Waals surface area contributed by atoms with Gasteiger partial charge in [0.25, 0.3) is 0 Å². The smallest absolute Gasteiger partial charge is 0.409 e. The van der Waals surface area contributed by atoms with Crippen LogP contribution in [-0.4, -0.2) is 43.8 Å². The number of ether oxygens (including phenoxy) is 1. The summed E-state index contributed by atoms with van der Waals surface area (Å²) in [5.41, 5.74) is 5.06. The number of carbonyl (C=O) groups excluding carboxylic acids is 1. The highest BCUT2D eigenvalue weighted by atomic mass is 16.6. The lowest BCUT2D eigenvalue weighted by molar-refractivity contribution is 0.106. The molecule has 0 spiro atoms. The summed E-state index contributed by atoms with van der Waals surface area (Å²) in [6.45, 7) is 4.19. The molecule has 1 N–H and O–H groups in total. The predicted octanol–water partition coefficient (Wildman–Crippen LogP) is 3.48. The Bertz CT molecular complexity index is 775. The van der Waals surface area contributed by atoms with Crippen molar-refractivity contribution in [3.63, 3.8) is 0 Å². The Morgan fingerprint density at radius 3 is 2.35 bits per heavy atom. The average Bonchev–Trinajstić information content (AvgIpc) is 3.26. The van der Waals surface area contributed by atoms with Gasteiger partial charge in [-0.15, -0.1) is 0 Å². The fraction of sp³-hybridized carbons (Fsp3) is 0.409. The van der Waals surface area contributed by atoms with E-state index in [2.05, 4.69) is 53.8 Å². The van der Waals surface area contributed by atoms with Crippen LogP contribution in [0.1, 0.15) is 23.5 Å². The number of rotatable bonds is 2. The second-order valence-electron chi connectivity index (χ2n) is 7.72. The largest absolute Gasteiger partial charge is 0.448 e. The van der Waals surface area contributed by atoms with Gasteiger partial charge in [-0.3, -0.25) is 0 Å². The van der Waals surface area contributed by atoms with E-state index in [0.717, 1.165) is 32.6 Å². The van der Waals surface area contributed by atoms with Crippen molar-refractivity contribution in [3.05, 3.63) is 59.7 Å². The summed E-state index contributed by atoms with van der Waals surface area (Å²) in [5.74, 6) is 1.36. The quantitative estimate of drug-likeness (QED) is 0.903. The summed E-state index contributed by atoms with van der Waals surface area (Å²) >= 11 is 0. The normalized spacial score (nSPS) is 24.1. The van der Waals surface area contributed by atoms with Crippen LogP contribution in [0.4, 0.5) is 4.79 Å². The lowest BCUT2D eigenvalue weighted by Gasteiger charge is -2.23. The Hall–Kier alpha value is -2.33. The average molecular weight is 348 g/mol. The standard InChI is InChI=1S/C22H24N2O2/c25-22(24-12-15-9-10-23-11-16(15)13-24)26-14-21-19-7-3-1-5-17(19)18-6-2-4-8-20(18)21/h1-8,15-16,21,23H,9-14H2. The maximum atomic E-state index is 12.7. The first kappa shape index (κ1) is 15.9. The van der Waals surface area contributed by atoms with Crippen molar-refractivity contribution in [2.75, 3.05) is 32.8 Å². The highest BCUT2D eigenvalue weighted by Crippen LogP contribution is 2.44. The fourth-order valence-electron chi connectivity index (χ4n) is 4.91. The van der Waals surface area contributed by atoms with Gasteiger partial charge < -0.3 is 15.0 Å². The molecule has 4 nitrogen and oxygen atoms in total. The molecular formula is C22H24N2O2. The number of hydrogen-bond donors (Lipinski definition) is 1. The number of benzene rings is 2. The number of nitrogens with one attached hydrogen (secondary N) is 1. The van der Waals surface area contributed by atoms with Crippen LogP contribution in [0, 0.1) is 11.8 Å². The number of carbonyl (C=O) groups is 1. The molecule has 1 aliphatic carbocycles. The number of amides is 1. The second-order valence-corrected chi connectivity index (χ2v) is 7.72. The van der Waals surface area contributed by atoms with E-state index >= 15 is 0 Å². The molecule has 2 aromatic carbocycles. The van der Waals surface area contributed by atoms with E-state index in [1.165, 1.54) is 22.3 Å². The Kier molecular flexibility index (Phi) is 3.93. The van der Waals surface area contributed by atoms with E-state index in [1.807, 2.05) is 4.90 Å². The highest BCUT2D eigenvalue weighted by Gasteiger charge is 2.37. The molecular weight excluding hydrogens is 324 g/mol. The van der Waals surface area contributed by atoms with Crippen LogP contribution in [0.5, 0.6) is 0 Å². The van der Waals surface area contributed by atoms with Gasteiger partial charge in [-0.2, -0.15) is 0 Å². The van der Waals surface area contributed by atoms with E-state index < -0.39 is 0 Å². The molecule has 2 unspecified atom stereocenters. The van der Waals surface area contributed by atoms with Crippen LogP contribution in [0.2, 0.25) is 0 Å². The lowest BCUT2D eigenvalue weighted by Crippen LogP contribution is -2.35. The SMILES string of the molecule is O=C(OCC1c2ccccc2-c2ccccc21)N1CC2CCNCC2C1. The lowest BCUT2D eigenvalue weighted by atomic mass is 9.90. The summed E-state index contributed by atoms with van der Waals surface area (Å²) in [4.78, 5) is 14.6. The van der Waals surface area contributed by atoms with E-state index in [4.69, 9.17) is 4.74 Å². The summed E-state index contributed by atoms with van der Waals surface area (Å²) < 4.78 is 5.80. The van der Waals surface area contributed by atoms with Crippen molar-refractivity contribution < 1.29 is 9.53 Å². The first-order valence-corrected chi connectivity index (χ1v) is 9.62. The Balaban J connectivity index is 1.30. The molecule has 0 saturated carbocycles. The van der Waals surface area contributed by atoms with Gasteiger partial charge >= 0.3 is 6.09 Å². The van der Waals surface area contributed by atoms with Crippen molar-refractivity contribution in [3.8, 4) is 11.1 Å². The zero-order chi connectivity index (χ0) is 17.5. The molecule has 0 aromatic heterocycles. The number of likely N-dealkylation sites (tertiary alicyclic amines) is 1. The molecule has 2 aliphatic heterocycles. The zero-order valence-corrected chi connectivity index (χ0v) is 14.9. The molecule has 0 bridgehead atoms. The first-order valence-electron chi connectivity index (χ1n) is 9.62. The van der Waals surface area contributed by atoms with Gasteiger partial charge in [0.15, 0.2) is 0 Å². The molecule has 3 aliphatic rings. The van der Waals surface area contributed by atoms with Crippen LogP contribution < -0.4 is 5.32 Å². The topological polar surface area (TPSA) is 41.6 Å². The van der Waals surface area contributed by atoms with Gasteiger partial charge in [-0.05, 0) is 53.6 Å². The number of hydrogen-bond acceptors (Lipinski definition) is 3. The fourth-order valence-corrected chi connectivity index (χ4v) is 4.91. The molecule has 0 radical (unpaired) electrons. The van der Waals surface area contributed by atoms with Crippen molar-refractivity contribution in [1.29, 1.82) is 0 Å². The molecule has 2 atom stereocenters. The van der Waals surface area contributed by atoms with Gasteiger partial charge in [-0.25, -0.2) is 4.79 Å². The third-order valence-electron chi connectivity index (χ3n) is 6.27. The molecule has 4 heteroatoms. The van der Waals surface area contributed by atoms with Gasteiger partial charge in [0, 0.05) is 19.0 Å². The van der Waals surface area contributed by atoms with Gasteiger partial charge in [-0.1, -0.05) is 48.5 Å². The zero-order valence-electron chi connectivity index (χ0n) is 14.9. The summed E-state index contributed by atoms with van der Waals surface area (Å²) in [6.07, 6.45) is 1.01. The number of piperidine rings is 1. The third-order valence-corrected chi connectivity index (χ3v) is 6.27.